The fourth-order valence-electron chi connectivity index (χ4n) is 5.43. The molecule has 36 heavy (non-hydrogen) atoms. The minimum atomic E-state index is -0.409. The summed E-state index contributed by atoms with van der Waals surface area (Å²) in [6.07, 6.45) is 0.586. The van der Waals surface area contributed by atoms with E-state index in [4.69, 9.17) is 11.6 Å². The van der Waals surface area contributed by atoms with Crippen molar-refractivity contribution in [2.45, 2.75) is 40.8 Å². The van der Waals surface area contributed by atoms with Gasteiger partial charge in [0.25, 0.3) is 11.4 Å². The molecule has 0 spiro atoms. The van der Waals surface area contributed by atoms with Crippen molar-refractivity contribution >= 4 is 46.2 Å². The first kappa shape index (κ1) is 24.3. The topological polar surface area (TPSA) is 115 Å². The Kier molecular flexibility index (Phi) is 6.44. The lowest BCUT2D eigenvalue weighted by molar-refractivity contribution is -0.387. The third kappa shape index (κ3) is 4.22. The summed E-state index contributed by atoms with van der Waals surface area (Å²) in [5.74, 6) is -0.388. The lowest BCUT2D eigenvalue weighted by Gasteiger charge is -2.38. The number of carbonyl (C=O) groups is 1. The van der Waals surface area contributed by atoms with Gasteiger partial charge in [-0.05, 0) is 49.1 Å². The van der Waals surface area contributed by atoms with Crippen LogP contribution in [0.15, 0.2) is 71.6 Å². The number of thioether (sulfide) groups is 1. The number of halogens is 1. The van der Waals surface area contributed by atoms with Crippen molar-refractivity contribution in [1.29, 1.82) is 0 Å². The molecule has 3 aromatic rings. The molecule has 0 amide bonds. The van der Waals surface area contributed by atoms with E-state index in [2.05, 4.69) is 5.32 Å². The highest BCUT2D eigenvalue weighted by Gasteiger charge is 2.51. The molecule has 1 heterocycles. The Morgan fingerprint density at radius 2 is 1.64 bits per heavy atom. The van der Waals surface area contributed by atoms with E-state index in [0.717, 1.165) is 11.3 Å². The summed E-state index contributed by atoms with van der Waals surface area (Å²) >= 11 is 8.48. The fourth-order valence-corrected chi connectivity index (χ4v) is 7.37. The first-order valence-electron chi connectivity index (χ1n) is 11.4. The van der Waals surface area contributed by atoms with Crippen LogP contribution in [-0.4, -0.2) is 26.3 Å². The molecule has 184 valence electrons. The van der Waals surface area contributed by atoms with Crippen molar-refractivity contribution in [3.8, 4) is 0 Å². The average molecular weight is 524 g/mol. The molecule has 8 nitrogen and oxygen atoms in total. The van der Waals surface area contributed by atoms with E-state index in [1.807, 2.05) is 12.1 Å². The smallest absolute Gasteiger partial charge is 0.282 e. The van der Waals surface area contributed by atoms with E-state index in [9.17, 15) is 25.0 Å². The lowest BCUT2D eigenvalue weighted by atomic mass is 9.76. The summed E-state index contributed by atoms with van der Waals surface area (Å²) in [7, 11) is 0. The quantitative estimate of drug-likeness (QED) is 0.164. The molecule has 5 rings (SSSR count). The molecule has 0 radical (unpaired) electrons. The van der Waals surface area contributed by atoms with Crippen LogP contribution in [0, 0.1) is 26.1 Å². The molecule has 0 saturated heterocycles. The second kappa shape index (κ2) is 9.55. The van der Waals surface area contributed by atoms with Crippen molar-refractivity contribution in [3.05, 3.63) is 104 Å². The molecule has 1 aliphatic carbocycles. The van der Waals surface area contributed by atoms with E-state index in [1.54, 1.807) is 42.5 Å². The SMILES string of the molecule is CC(=O)c1ccc2c(c1)[C@@H]1[C@H](Cl)[C@H](Sc3ccccc3[N+](=O)[O-])C[C@@H]1[C@H](c1ccccc1[N+](=O)[O-])N2. The Hall–Kier alpha value is -3.43. The third-order valence-corrected chi connectivity index (χ3v) is 9.14. The van der Waals surface area contributed by atoms with Crippen molar-refractivity contribution < 1.29 is 14.6 Å². The lowest BCUT2D eigenvalue weighted by Crippen LogP contribution is -2.31. The maximum atomic E-state index is 12.1. The van der Waals surface area contributed by atoms with Gasteiger partial charge in [-0.2, -0.15) is 0 Å². The number of nitrogens with zero attached hydrogens (tertiary/aromatic N) is 2. The van der Waals surface area contributed by atoms with Gasteiger partial charge >= 0.3 is 0 Å². The van der Waals surface area contributed by atoms with Crippen LogP contribution in [0.1, 0.15) is 46.8 Å². The van der Waals surface area contributed by atoms with E-state index in [0.29, 0.717) is 22.4 Å². The van der Waals surface area contributed by atoms with Gasteiger partial charge in [-0.1, -0.05) is 30.3 Å². The zero-order chi connectivity index (χ0) is 25.6. The van der Waals surface area contributed by atoms with Crippen molar-refractivity contribution in [3.63, 3.8) is 0 Å². The molecule has 1 aliphatic heterocycles. The Morgan fingerprint density at radius 1 is 0.972 bits per heavy atom. The molecule has 2 aliphatic rings. The number of anilines is 1. The zero-order valence-corrected chi connectivity index (χ0v) is 20.7. The molecule has 0 aromatic heterocycles. The maximum Gasteiger partial charge on any atom is 0.282 e. The molecule has 0 unspecified atom stereocenters. The Labute approximate surface area is 216 Å². The monoisotopic (exact) mass is 523 g/mol. The van der Waals surface area contributed by atoms with Crippen LogP contribution in [0.2, 0.25) is 0 Å². The summed E-state index contributed by atoms with van der Waals surface area (Å²) in [5, 5.41) is 26.3. The molecule has 1 N–H and O–H groups in total. The van der Waals surface area contributed by atoms with Crippen LogP contribution in [0.3, 0.4) is 0 Å². The number of ketones is 1. The van der Waals surface area contributed by atoms with Crippen LogP contribution < -0.4 is 5.32 Å². The van der Waals surface area contributed by atoms with Crippen molar-refractivity contribution in [2.24, 2.45) is 5.92 Å². The zero-order valence-electron chi connectivity index (χ0n) is 19.2. The first-order valence-corrected chi connectivity index (χ1v) is 12.8. The minimum absolute atomic E-state index is 0.0221. The number of carbonyl (C=O) groups excluding carboxylic acids is 1. The Morgan fingerprint density at radius 3 is 2.33 bits per heavy atom. The summed E-state index contributed by atoms with van der Waals surface area (Å²) in [4.78, 5) is 35.3. The summed E-state index contributed by atoms with van der Waals surface area (Å²) in [6, 6.07) is 18.3. The highest BCUT2D eigenvalue weighted by Crippen LogP contribution is 2.58. The van der Waals surface area contributed by atoms with Gasteiger partial charge in [0.05, 0.1) is 31.7 Å². The number of fused-ring (bicyclic) bond motifs is 3. The van der Waals surface area contributed by atoms with Crippen molar-refractivity contribution in [1.82, 2.24) is 0 Å². The maximum absolute atomic E-state index is 12.1. The third-order valence-electron chi connectivity index (χ3n) is 7.03. The molecular formula is C26H22ClN3O5S. The van der Waals surface area contributed by atoms with Crippen LogP contribution in [-0.2, 0) is 0 Å². The number of benzene rings is 3. The number of rotatable bonds is 6. The molecule has 10 heteroatoms. The average Bonchev–Trinajstić information content (AvgIpc) is 3.19. The highest BCUT2D eigenvalue weighted by molar-refractivity contribution is 8.00. The van der Waals surface area contributed by atoms with E-state index < -0.39 is 10.3 Å². The van der Waals surface area contributed by atoms with E-state index >= 15 is 0 Å². The minimum Gasteiger partial charge on any atom is -0.377 e. The van der Waals surface area contributed by atoms with Gasteiger partial charge < -0.3 is 5.32 Å². The second-order valence-corrected chi connectivity index (χ2v) is 10.8. The van der Waals surface area contributed by atoms with Gasteiger partial charge in [0.1, 0.15) is 0 Å². The summed E-state index contributed by atoms with van der Waals surface area (Å²) in [6.45, 7) is 1.51. The number of hydrogen-bond acceptors (Lipinski definition) is 7. The Balaban J connectivity index is 1.60. The normalized spacial score (nSPS) is 24.3. The van der Waals surface area contributed by atoms with Gasteiger partial charge in [0.15, 0.2) is 5.78 Å². The van der Waals surface area contributed by atoms with Gasteiger partial charge in [0.2, 0.25) is 0 Å². The van der Waals surface area contributed by atoms with Gasteiger partial charge in [0, 0.05) is 34.6 Å². The van der Waals surface area contributed by atoms with Gasteiger partial charge in [-0.25, -0.2) is 0 Å². The number of Topliss-reactive ketones (excluding diaryl/α,β-unsaturated/α-hetero) is 1. The number of hydrogen-bond donors (Lipinski definition) is 1. The van der Waals surface area contributed by atoms with Crippen LogP contribution in [0.5, 0.6) is 0 Å². The van der Waals surface area contributed by atoms with Crippen LogP contribution in [0.25, 0.3) is 0 Å². The molecule has 0 bridgehead atoms. The largest absolute Gasteiger partial charge is 0.377 e. The van der Waals surface area contributed by atoms with E-state index in [-0.39, 0.29) is 45.2 Å². The standard InChI is InChI=1S/C26H22ClN3O5S/c1-14(31)15-10-11-19-17(12-15)24-18(26(28-19)16-6-2-3-7-20(16)29(32)33)13-23(25(24)27)36-22-9-5-4-8-21(22)30(34)35/h2-12,18,23-26,28H,13H2,1H3/t18-,23+,24-,25+,26-/m0/s1. The fraction of sp³-hybridized carbons (Fsp3) is 0.269. The Bertz CT molecular complexity index is 1380. The summed E-state index contributed by atoms with van der Waals surface area (Å²) in [5.41, 5.74) is 2.86. The predicted molar refractivity (Wildman–Crippen MR) is 139 cm³/mol. The number of nitro groups is 2. The van der Waals surface area contributed by atoms with Gasteiger partial charge in [-0.3, -0.25) is 25.0 Å². The number of nitro benzene ring substituents is 2. The van der Waals surface area contributed by atoms with Crippen LogP contribution >= 0.6 is 23.4 Å². The van der Waals surface area contributed by atoms with Crippen molar-refractivity contribution in [2.75, 3.05) is 5.32 Å². The molecule has 1 fully saturated rings. The molecule has 3 aromatic carbocycles. The molecule has 5 atom stereocenters. The first-order chi connectivity index (χ1) is 17.3. The molecular weight excluding hydrogens is 502 g/mol. The van der Waals surface area contributed by atoms with Crippen LogP contribution in [0.4, 0.5) is 17.1 Å². The predicted octanol–water partition coefficient (Wildman–Crippen LogP) is 6.74. The highest BCUT2D eigenvalue weighted by atomic mass is 35.5. The summed E-state index contributed by atoms with van der Waals surface area (Å²) < 4.78 is 0. The number of para-hydroxylation sites is 2. The number of nitrogens with one attached hydrogen (secondary N) is 1. The van der Waals surface area contributed by atoms with Gasteiger partial charge in [-0.15, -0.1) is 23.4 Å². The number of alkyl halides is 1. The second-order valence-electron chi connectivity index (χ2n) is 9.05. The molecule has 1 saturated carbocycles. The van der Waals surface area contributed by atoms with E-state index in [1.165, 1.54) is 30.8 Å².